The summed E-state index contributed by atoms with van der Waals surface area (Å²) in [4.78, 5) is 40.0. The molecule has 1 aliphatic heterocycles. The fourth-order valence-corrected chi connectivity index (χ4v) is 4.81. The minimum atomic E-state index is -0.605. The number of anilines is 1. The highest BCUT2D eigenvalue weighted by atomic mass is 32.1. The molecule has 3 amide bonds. The molecule has 1 fully saturated rings. The largest absolute Gasteiger partial charge is 0.465 e. The second-order valence-electron chi connectivity index (χ2n) is 7.69. The summed E-state index contributed by atoms with van der Waals surface area (Å²) in [7, 11) is 3.57. The van der Waals surface area contributed by atoms with Crippen molar-refractivity contribution in [2.24, 2.45) is 0 Å². The van der Waals surface area contributed by atoms with Crippen LogP contribution >= 0.6 is 20.7 Å². The maximum Gasteiger partial charge on any atom is 0.348 e. The number of hydrogen-bond acceptors (Lipinski definition) is 5. The fraction of sp³-hybridized carbons (Fsp3) is 0.375. The zero-order chi connectivity index (χ0) is 23.1. The molecule has 1 aromatic heterocycles. The molecule has 0 N–H and O–H groups in total. The SMILES string of the molecule is CCCCCCc1ccc(N2C(=O)N(P)C(=O)C2C/C=C\c2ccc(C(=O)OC)s2)cc1. The number of esters is 1. The van der Waals surface area contributed by atoms with Crippen LogP contribution in [0.2, 0.25) is 0 Å². The van der Waals surface area contributed by atoms with Crippen molar-refractivity contribution in [3.63, 3.8) is 0 Å². The van der Waals surface area contributed by atoms with Gasteiger partial charge in [-0.2, -0.15) is 0 Å². The molecule has 6 nitrogen and oxygen atoms in total. The number of hydrogen-bond donors (Lipinski definition) is 0. The third kappa shape index (κ3) is 5.64. The first-order chi connectivity index (χ1) is 15.5. The number of methoxy groups -OCH3 is 1. The van der Waals surface area contributed by atoms with Crippen molar-refractivity contribution in [1.29, 1.82) is 0 Å². The summed E-state index contributed by atoms with van der Waals surface area (Å²) >= 11 is 1.32. The number of nitrogens with zero attached hydrogens (tertiary/aromatic N) is 2. The van der Waals surface area contributed by atoms with Crippen molar-refractivity contribution in [2.45, 2.75) is 51.5 Å². The molecular weight excluding hydrogens is 443 g/mol. The Morgan fingerprint density at radius 1 is 1.12 bits per heavy atom. The molecule has 2 unspecified atom stereocenters. The molecule has 1 saturated heterocycles. The number of imide groups is 1. The summed E-state index contributed by atoms with van der Waals surface area (Å²) in [5.74, 6) is -0.625. The van der Waals surface area contributed by atoms with Gasteiger partial charge in [0, 0.05) is 10.6 Å². The summed E-state index contributed by atoms with van der Waals surface area (Å²) in [5, 5.41) is 0. The van der Waals surface area contributed by atoms with E-state index in [-0.39, 0.29) is 17.9 Å². The van der Waals surface area contributed by atoms with Crippen LogP contribution in [0.1, 0.15) is 59.1 Å². The lowest BCUT2D eigenvalue weighted by Crippen LogP contribution is -2.34. The van der Waals surface area contributed by atoms with Gasteiger partial charge in [-0.1, -0.05) is 44.4 Å². The van der Waals surface area contributed by atoms with E-state index in [9.17, 15) is 14.4 Å². The lowest BCUT2D eigenvalue weighted by atomic mass is 10.1. The van der Waals surface area contributed by atoms with E-state index in [0.29, 0.717) is 17.0 Å². The van der Waals surface area contributed by atoms with E-state index in [1.807, 2.05) is 42.5 Å². The van der Waals surface area contributed by atoms with E-state index >= 15 is 0 Å². The van der Waals surface area contributed by atoms with Crippen molar-refractivity contribution in [3.8, 4) is 0 Å². The van der Waals surface area contributed by atoms with E-state index in [4.69, 9.17) is 4.74 Å². The van der Waals surface area contributed by atoms with Gasteiger partial charge in [0.25, 0.3) is 5.91 Å². The quantitative estimate of drug-likeness (QED) is 0.193. The van der Waals surface area contributed by atoms with Gasteiger partial charge in [0.2, 0.25) is 0 Å². The third-order valence-electron chi connectivity index (χ3n) is 5.43. The van der Waals surface area contributed by atoms with Crippen LogP contribution in [0, 0.1) is 0 Å². The summed E-state index contributed by atoms with van der Waals surface area (Å²) in [5.41, 5.74) is 1.95. The first-order valence-corrected chi connectivity index (χ1v) is 12.1. The number of urea groups is 1. The monoisotopic (exact) mass is 472 g/mol. The molecule has 3 rings (SSSR count). The predicted molar refractivity (Wildman–Crippen MR) is 132 cm³/mol. The normalized spacial score (nSPS) is 16.4. The summed E-state index contributed by atoms with van der Waals surface area (Å²) in [6.07, 6.45) is 9.95. The molecule has 170 valence electrons. The highest BCUT2D eigenvalue weighted by Crippen LogP contribution is 2.30. The van der Waals surface area contributed by atoms with Crippen molar-refractivity contribution in [2.75, 3.05) is 12.0 Å². The van der Waals surface area contributed by atoms with Gasteiger partial charge in [-0.25, -0.2) is 14.3 Å². The molecule has 2 aromatic rings. The van der Waals surface area contributed by atoms with Crippen LogP contribution in [0.3, 0.4) is 0 Å². The summed E-state index contributed by atoms with van der Waals surface area (Å²) in [6, 6.07) is 10.5. The molecule has 8 heteroatoms. The van der Waals surface area contributed by atoms with Crippen molar-refractivity contribution < 1.29 is 19.1 Å². The van der Waals surface area contributed by atoms with Crippen LogP contribution in [0.25, 0.3) is 6.08 Å². The first kappa shape index (κ1) is 24.1. The fourth-order valence-electron chi connectivity index (χ4n) is 3.66. The molecule has 2 atom stereocenters. The molecule has 0 radical (unpaired) electrons. The Morgan fingerprint density at radius 2 is 1.88 bits per heavy atom. The van der Waals surface area contributed by atoms with Crippen LogP contribution < -0.4 is 4.90 Å². The number of carbonyl (C=O) groups is 3. The van der Waals surface area contributed by atoms with Crippen LogP contribution in [-0.4, -0.2) is 35.7 Å². The Hall–Kier alpha value is -2.50. The zero-order valence-corrected chi connectivity index (χ0v) is 20.4. The highest BCUT2D eigenvalue weighted by Gasteiger charge is 2.43. The van der Waals surface area contributed by atoms with Gasteiger partial charge in [0.1, 0.15) is 10.9 Å². The van der Waals surface area contributed by atoms with Crippen LogP contribution in [0.5, 0.6) is 0 Å². The number of unbranched alkanes of at least 4 members (excludes halogenated alkanes) is 3. The molecule has 0 saturated carbocycles. The number of carbonyl (C=O) groups excluding carboxylic acids is 3. The van der Waals surface area contributed by atoms with Gasteiger partial charge in [-0.15, -0.1) is 11.3 Å². The van der Waals surface area contributed by atoms with E-state index in [0.717, 1.165) is 22.4 Å². The molecule has 0 spiro atoms. The van der Waals surface area contributed by atoms with Crippen molar-refractivity contribution in [3.05, 3.63) is 57.8 Å². The molecule has 2 heterocycles. The Morgan fingerprint density at radius 3 is 2.56 bits per heavy atom. The average Bonchev–Trinajstić information content (AvgIpc) is 3.36. The maximum absolute atomic E-state index is 12.7. The van der Waals surface area contributed by atoms with Gasteiger partial charge in [0.15, 0.2) is 0 Å². The Bertz CT molecular complexity index is 986. The lowest BCUT2D eigenvalue weighted by Gasteiger charge is -2.21. The number of benzene rings is 1. The van der Waals surface area contributed by atoms with Gasteiger partial charge in [-0.3, -0.25) is 9.69 Å². The molecule has 0 aliphatic carbocycles. The van der Waals surface area contributed by atoms with Crippen molar-refractivity contribution >= 4 is 50.4 Å². The predicted octanol–water partition coefficient (Wildman–Crippen LogP) is 5.69. The topological polar surface area (TPSA) is 66.9 Å². The van der Waals surface area contributed by atoms with Crippen LogP contribution in [0.4, 0.5) is 10.5 Å². The molecule has 32 heavy (non-hydrogen) atoms. The minimum absolute atomic E-state index is 0.255. The standard InChI is InChI=1S/C24H29N2O4PS/c1-3-4-5-6-8-17-11-13-18(14-12-17)25-20(22(27)26(31)24(25)29)10-7-9-19-15-16-21(32-19)23(28)30-2/h7,9,11-16,20H,3-6,8,10,31H2,1-2H3/b9-7-. The minimum Gasteiger partial charge on any atom is -0.465 e. The zero-order valence-electron chi connectivity index (χ0n) is 18.5. The average molecular weight is 473 g/mol. The second kappa shape index (κ2) is 11.4. The van der Waals surface area contributed by atoms with Crippen LogP contribution in [0.15, 0.2) is 42.5 Å². The van der Waals surface area contributed by atoms with Gasteiger partial charge < -0.3 is 4.74 Å². The number of amides is 3. The Kier molecular flexibility index (Phi) is 8.60. The highest BCUT2D eigenvalue weighted by molar-refractivity contribution is 7.16. The molecule has 0 bridgehead atoms. The summed E-state index contributed by atoms with van der Waals surface area (Å²) < 4.78 is 5.82. The smallest absolute Gasteiger partial charge is 0.348 e. The third-order valence-corrected chi connectivity index (χ3v) is 6.94. The van der Waals surface area contributed by atoms with Crippen LogP contribution in [-0.2, 0) is 16.0 Å². The first-order valence-electron chi connectivity index (χ1n) is 10.8. The molecule has 1 aliphatic rings. The molecular formula is C24H29N2O4PS. The maximum atomic E-state index is 12.7. The lowest BCUT2D eigenvalue weighted by molar-refractivity contribution is -0.123. The molecule has 1 aromatic carbocycles. The second-order valence-corrected chi connectivity index (χ2v) is 9.32. The van der Waals surface area contributed by atoms with Crippen molar-refractivity contribution in [1.82, 2.24) is 4.67 Å². The number of aryl methyl sites for hydroxylation is 1. The number of rotatable bonds is 10. The van der Waals surface area contributed by atoms with Gasteiger partial charge in [0.05, 0.1) is 7.11 Å². The summed E-state index contributed by atoms with van der Waals surface area (Å²) in [6.45, 7) is 2.20. The van der Waals surface area contributed by atoms with E-state index in [1.54, 1.807) is 11.0 Å². The van der Waals surface area contributed by atoms with E-state index in [1.165, 1.54) is 43.3 Å². The Labute approximate surface area is 195 Å². The number of ether oxygens (including phenoxy) is 1. The number of thiophene rings is 1. The van der Waals surface area contributed by atoms with Gasteiger partial charge >= 0.3 is 12.0 Å². The van der Waals surface area contributed by atoms with E-state index < -0.39 is 6.04 Å². The Balaban J connectivity index is 1.69. The van der Waals surface area contributed by atoms with Gasteiger partial charge in [-0.05, 0) is 64.6 Å². The van der Waals surface area contributed by atoms with E-state index in [2.05, 4.69) is 16.3 Å².